The van der Waals surface area contributed by atoms with E-state index < -0.39 is 17.7 Å². The minimum Gasteiger partial charge on any atom is -0.477 e. The topological polar surface area (TPSA) is 93.1 Å². The fourth-order valence-corrected chi connectivity index (χ4v) is 0.524. The van der Waals surface area contributed by atoms with Gasteiger partial charge in [-0.05, 0) is 0 Å². The third-order valence-corrected chi connectivity index (χ3v) is 1.14. The highest BCUT2D eigenvalue weighted by Gasteiger charge is 2.48. The van der Waals surface area contributed by atoms with Crippen LogP contribution in [0.1, 0.15) is 0 Å². The zero-order valence-corrected chi connectivity index (χ0v) is 6.03. The van der Waals surface area contributed by atoms with E-state index in [1.54, 1.807) is 0 Å². The fraction of sp³-hybridized carbons (Fsp3) is 0.600. The van der Waals surface area contributed by atoms with Gasteiger partial charge in [0, 0.05) is 14.2 Å². The lowest BCUT2D eigenvalue weighted by Gasteiger charge is -2.20. The van der Waals surface area contributed by atoms with E-state index in [2.05, 4.69) is 9.47 Å². The van der Waals surface area contributed by atoms with Crippen molar-refractivity contribution in [1.82, 2.24) is 0 Å². The minimum atomic E-state index is -2.58. The van der Waals surface area contributed by atoms with E-state index in [0.29, 0.717) is 0 Å². The van der Waals surface area contributed by atoms with Crippen LogP contribution < -0.4 is 0 Å². The zero-order valence-electron chi connectivity index (χ0n) is 6.03. The van der Waals surface area contributed by atoms with E-state index >= 15 is 0 Å². The van der Waals surface area contributed by atoms with Gasteiger partial charge in [-0.1, -0.05) is 0 Å². The molecule has 2 N–H and O–H groups in total. The molecule has 0 aromatic rings. The van der Waals surface area contributed by atoms with Crippen molar-refractivity contribution in [3.05, 3.63) is 0 Å². The van der Waals surface area contributed by atoms with Crippen LogP contribution in [0.3, 0.4) is 0 Å². The quantitative estimate of drug-likeness (QED) is 0.415. The zero-order chi connectivity index (χ0) is 9.07. The van der Waals surface area contributed by atoms with Crippen LogP contribution >= 0.6 is 0 Å². The van der Waals surface area contributed by atoms with Gasteiger partial charge in [-0.2, -0.15) is 0 Å². The SMILES string of the molecule is COC(OC)(C(=O)O)C(=O)O. The molecule has 0 atom stereocenters. The number of hydrogen-bond donors (Lipinski definition) is 2. The summed E-state index contributed by atoms with van der Waals surface area (Å²) in [6, 6.07) is 0. The van der Waals surface area contributed by atoms with E-state index in [0.717, 1.165) is 14.2 Å². The average molecular weight is 164 g/mol. The smallest absolute Gasteiger partial charge is 0.377 e. The molecular weight excluding hydrogens is 156 g/mol. The van der Waals surface area contributed by atoms with Gasteiger partial charge in [0.1, 0.15) is 0 Å². The molecule has 0 aromatic carbocycles. The van der Waals surface area contributed by atoms with Crippen molar-refractivity contribution in [3.8, 4) is 0 Å². The number of ether oxygens (including phenoxy) is 2. The van der Waals surface area contributed by atoms with E-state index in [1.807, 2.05) is 0 Å². The van der Waals surface area contributed by atoms with Crippen LogP contribution in [0, 0.1) is 0 Å². The highest BCUT2D eigenvalue weighted by atomic mass is 16.7. The van der Waals surface area contributed by atoms with Crippen molar-refractivity contribution >= 4 is 11.9 Å². The predicted octanol–water partition coefficient (Wildman–Crippen LogP) is -0.855. The van der Waals surface area contributed by atoms with Gasteiger partial charge in [0.15, 0.2) is 0 Å². The van der Waals surface area contributed by atoms with Crippen LogP contribution in [0.4, 0.5) is 0 Å². The molecule has 0 amide bonds. The Morgan fingerprint density at radius 3 is 1.36 bits per heavy atom. The lowest BCUT2D eigenvalue weighted by molar-refractivity contribution is -0.232. The predicted molar refractivity (Wildman–Crippen MR) is 32.0 cm³/mol. The molecule has 0 bridgehead atoms. The summed E-state index contributed by atoms with van der Waals surface area (Å²) in [6.45, 7) is 0. The second kappa shape index (κ2) is 3.31. The summed E-state index contributed by atoms with van der Waals surface area (Å²) in [5.74, 6) is -5.98. The molecule has 0 saturated heterocycles. The van der Waals surface area contributed by atoms with Gasteiger partial charge in [0.25, 0.3) is 0 Å². The summed E-state index contributed by atoms with van der Waals surface area (Å²) in [5.41, 5.74) is 0. The Balaban J connectivity index is 4.76. The summed E-state index contributed by atoms with van der Waals surface area (Å²) < 4.78 is 8.38. The van der Waals surface area contributed by atoms with Crippen molar-refractivity contribution in [3.63, 3.8) is 0 Å². The fourth-order valence-electron chi connectivity index (χ4n) is 0.524. The molecule has 64 valence electrons. The Morgan fingerprint density at radius 1 is 1.09 bits per heavy atom. The average Bonchev–Trinajstić information content (AvgIpc) is 1.90. The molecule has 0 aliphatic carbocycles. The Labute approximate surface area is 62.3 Å². The van der Waals surface area contributed by atoms with Crippen LogP contribution in [0.5, 0.6) is 0 Å². The number of carbonyl (C=O) groups is 2. The first-order valence-electron chi connectivity index (χ1n) is 2.58. The standard InChI is InChI=1S/C5H8O6/c1-10-5(11-2,3(6)7)4(8)9/h1-2H3,(H,6,7)(H,8,9). The van der Waals surface area contributed by atoms with E-state index in [4.69, 9.17) is 10.2 Å². The number of carboxylic acid groups (broad SMARTS) is 2. The van der Waals surface area contributed by atoms with Crippen molar-refractivity contribution in [2.45, 2.75) is 5.79 Å². The molecule has 11 heavy (non-hydrogen) atoms. The monoisotopic (exact) mass is 164 g/mol. The Morgan fingerprint density at radius 2 is 1.36 bits per heavy atom. The minimum absolute atomic E-state index is 0.936. The number of carboxylic acids is 2. The maximum Gasteiger partial charge on any atom is 0.377 e. The third-order valence-electron chi connectivity index (χ3n) is 1.14. The number of hydrogen-bond acceptors (Lipinski definition) is 4. The molecule has 0 aliphatic rings. The maximum absolute atomic E-state index is 10.3. The van der Waals surface area contributed by atoms with Gasteiger partial charge in [-0.3, -0.25) is 0 Å². The second-order valence-corrected chi connectivity index (χ2v) is 1.64. The van der Waals surface area contributed by atoms with E-state index in [1.165, 1.54) is 0 Å². The number of aliphatic carboxylic acids is 2. The van der Waals surface area contributed by atoms with Gasteiger partial charge < -0.3 is 19.7 Å². The van der Waals surface area contributed by atoms with Gasteiger partial charge in [-0.15, -0.1) is 0 Å². The lowest BCUT2D eigenvalue weighted by Crippen LogP contribution is -2.50. The molecule has 0 unspecified atom stereocenters. The summed E-state index contributed by atoms with van der Waals surface area (Å²) in [4.78, 5) is 20.6. The molecule has 0 radical (unpaired) electrons. The normalized spacial score (nSPS) is 11.1. The largest absolute Gasteiger partial charge is 0.477 e. The Bertz CT molecular complexity index is 154. The lowest BCUT2D eigenvalue weighted by atomic mass is 10.3. The molecule has 6 nitrogen and oxygen atoms in total. The summed E-state index contributed by atoms with van der Waals surface area (Å²) >= 11 is 0. The molecule has 0 fully saturated rings. The van der Waals surface area contributed by atoms with Gasteiger partial charge in [0.05, 0.1) is 0 Å². The van der Waals surface area contributed by atoms with E-state index in [9.17, 15) is 9.59 Å². The van der Waals surface area contributed by atoms with Crippen molar-refractivity contribution in [2.75, 3.05) is 14.2 Å². The first-order valence-corrected chi connectivity index (χ1v) is 2.58. The molecular formula is C5H8O6. The molecule has 0 rings (SSSR count). The van der Waals surface area contributed by atoms with E-state index in [-0.39, 0.29) is 0 Å². The Hall–Kier alpha value is -1.14. The highest BCUT2D eigenvalue weighted by Crippen LogP contribution is 2.10. The number of methoxy groups -OCH3 is 2. The van der Waals surface area contributed by atoms with Crippen LogP contribution in [0.25, 0.3) is 0 Å². The van der Waals surface area contributed by atoms with Gasteiger partial charge in [-0.25, -0.2) is 9.59 Å². The molecule has 0 aliphatic heterocycles. The highest BCUT2D eigenvalue weighted by molar-refractivity contribution is 5.99. The molecule has 0 heterocycles. The van der Waals surface area contributed by atoms with Crippen molar-refractivity contribution < 1.29 is 29.3 Å². The van der Waals surface area contributed by atoms with Crippen LogP contribution in [-0.4, -0.2) is 42.2 Å². The molecule has 6 heteroatoms. The van der Waals surface area contributed by atoms with Crippen molar-refractivity contribution in [1.29, 1.82) is 0 Å². The van der Waals surface area contributed by atoms with Crippen molar-refractivity contribution in [2.24, 2.45) is 0 Å². The Kier molecular flexibility index (Phi) is 2.97. The molecule has 0 spiro atoms. The van der Waals surface area contributed by atoms with Crippen LogP contribution in [-0.2, 0) is 19.1 Å². The summed E-state index contributed by atoms with van der Waals surface area (Å²) in [6.07, 6.45) is 0. The maximum atomic E-state index is 10.3. The first-order chi connectivity index (χ1) is 5.01. The first kappa shape index (κ1) is 9.86. The van der Waals surface area contributed by atoms with Gasteiger partial charge >= 0.3 is 17.7 Å². The summed E-state index contributed by atoms with van der Waals surface area (Å²) in [5, 5.41) is 16.7. The summed E-state index contributed by atoms with van der Waals surface area (Å²) in [7, 11) is 1.87. The molecule has 0 aromatic heterocycles. The van der Waals surface area contributed by atoms with Crippen LogP contribution in [0.15, 0.2) is 0 Å². The second-order valence-electron chi connectivity index (χ2n) is 1.64. The third kappa shape index (κ3) is 1.47. The van der Waals surface area contributed by atoms with Gasteiger partial charge in [0.2, 0.25) is 0 Å². The van der Waals surface area contributed by atoms with Crippen LogP contribution in [0.2, 0.25) is 0 Å². The molecule has 0 saturated carbocycles. The number of rotatable bonds is 4.